The lowest BCUT2D eigenvalue weighted by atomic mass is 10.0. The van der Waals surface area contributed by atoms with Crippen molar-refractivity contribution in [3.63, 3.8) is 0 Å². The van der Waals surface area contributed by atoms with Crippen molar-refractivity contribution in [2.24, 2.45) is 23.6 Å². The van der Waals surface area contributed by atoms with Gasteiger partial charge in [0.25, 0.3) is 5.85 Å². The SMILES string of the molecule is Cc1cc(C)c(S(=O)(=O)OC2(N)C(c3cnn(C)c3)=NC(c3ccc(C(F)(F)F)cc3)=CN2N)c(C)c1. The monoisotopic (exact) mass is 534 g/mol. The summed E-state index contributed by atoms with van der Waals surface area (Å²) in [6.07, 6.45) is -0.387. The van der Waals surface area contributed by atoms with Gasteiger partial charge in [-0.25, -0.2) is 15.0 Å². The standard InChI is InChI=1S/C24H25F3N6O3S/c1-14-9-15(2)21(16(3)10-14)37(34,35)36-24(28)22(18-11-30-32(4)12-18)31-20(13-33(24)29)17-5-7-19(8-6-17)23(25,26)27/h5-13H,28-29H2,1-4H3. The molecule has 4 rings (SSSR count). The van der Waals surface area contributed by atoms with Crippen LogP contribution in [0, 0.1) is 20.8 Å². The molecule has 196 valence electrons. The maximum atomic E-state index is 13.5. The number of benzene rings is 2. The van der Waals surface area contributed by atoms with Crippen LogP contribution < -0.4 is 11.6 Å². The Labute approximate surface area is 211 Å². The zero-order valence-corrected chi connectivity index (χ0v) is 21.2. The Balaban J connectivity index is 1.81. The van der Waals surface area contributed by atoms with E-state index in [4.69, 9.17) is 15.8 Å². The second-order valence-corrected chi connectivity index (χ2v) is 10.3. The lowest BCUT2D eigenvalue weighted by molar-refractivity contribution is -0.137. The maximum Gasteiger partial charge on any atom is 0.416 e. The summed E-state index contributed by atoms with van der Waals surface area (Å²) < 4.78 is 73.0. The van der Waals surface area contributed by atoms with Crippen LogP contribution in [0.15, 0.2) is 64.9 Å². The second-order valence-electron chi connectivity index (χ2n) is 8.82. The number of rotatable bonds is 5. The van der Waals surface area contributed by atoms with Crippen LogP contribution in [0.1, 0.15) is 33.4 Å². The predicted octanol–water partition coefficient (Wildman–Crippen LogP) is 3.36. The van der Waals surface area contributed by atoms with Gasteiger partial charge < -0.3 is 0 Å². The number of hydrogen-bond donors (Lipinski definition) is 2. The summed E-state index contributed by atoms with van der Waals surface area (Å²) in [7, 11) is -2.84. The van der Waals surface area contributed by atoms with Gasteiger partial charge in [-0.3, -0.25) is 15.4 Å². The number of aromatic nitrogens is 2. The largest absolute Gasteiger partial charge is 0.416 e. The molecule has 0 fully saturated rings. The fourth-order valence-corrected chi connectivity index (χ4v) is 5.71. The van der Waals surface area contributed by atoms with Gasteiger partial charge in [-0.1, -0.05) is 29.8 Å². The molecule has 0 aliphatic carbocycles. The van der Waals surface area contributed by atoms with E-state index < -0.39 is 27.7 Å². The molecule has 1 unspecified atom stereocenters. The zero-order chi connectivity index (χ0) is 27.3. The van der Waals surface area contributed by atoms with Gasteiger partial charge in [-0.15, -0.1) is 0 Å². The number of nitrogens with two attached hydrogens (primary N) is 2. The van der Waals surface area contributed by atoms with Crippen molar-refractivity contribution in [2.45, 2.75) is 37.7 Å². The molecule has 1 aliphatic rings. The average Bonchev–Trinajstić information content (AvgIpc) is 3.19. The highest BCUT2D eigenvalue weighted by atomic mass is 32.2. The number of halogens is 3. The van der Waals surface area contributed by atoms with E-state index in [-0.39, 0.29) is 16.3 Å². The smallest absolute Gasteiger partial charge is 0.278 e. The van der Waals surface area contributed by atoms with Crippen molar-refractivity contribution in [3.8, 4) is 0 Å². The molecule has 1 aromatic heterocycles. The third-order valence-corrected chi connectivity index (χ3v) is 7.41. The van der Waals surface area contributed by atoms with Gasteiger partial charge in [0.1, 0.15) is 10.6 Å². The summed E-state index contributed by atoms with van der Waals surface area (Å²) in [4.78, 5) is 4.42. The lowest BCUT2D eigenvalue weighted by Crippen LogP contribution is -2.66. The molecule has 3 aromatic rings. The third kappa shape index (κ3) is 5.03. The molecular weight excluding hydrogens is 509 g/mol. The van der Waals surface area contributed by atoms with Gasteiger partial charge in [0.05, 0.1) is 17.5 Å². The average molecular weight is 535 g/mol. The molecule has 0 spiro atoms. The topological polar surface area (TPSA) is 129 Å². The van der Waals surface area contributed by atoms with Crippen LogP contribution in [-0.2, 0) is 27.5 Å². The summed E-state index contributed by atoms with van der Waals surface area (Å²) in [5, 5.41) is 4.91. The van der Waals surface area contributed by atoms with E-state index in [0.29, 0.717) is 22.3 Å². The first-order valence-electron chi connectivity index (χ1n) is 11.0. The van der Waals surface area contributed by atoms with Crippen molar-refractivity contribution in [1.82, 2.24) is 14.8 Å². The van der Waals surface area contributed by atoms with Crippen molar-refractivity contribution in [3.05, 3.63) is 88.4 Å². The quantitative estimate of drug-likeness (QED) is 0.292. The molecule has 0 saturated heterocycles. The Hall–Kier alpha value is -3.52. The molecular formula is C24H25F3N6O3S. The number of aliphatic imine (C=N–C) groups is 1. The van der Waals surface area contributed by atoms with Crippen molar-refractivity contribution >= 4 is 21.5 Å². The summed E-state index contributed by atoms with van der Waals surface area (Å²) in [6, 6.07) is 7.67. The maximum absolute atomic E-state index is 13.5. The Bertz CT molecular complexity index is 1500. The van der Waals surface area contributed by atoms with Gasteiger partial charge in [-0.05, 0) is 44.0 Å². The van der Waals surface area contributed by atoms with E-state index in [9.17, 15) is 21.6 Å². The predicted molar refractivity (Wildman–Crippen MR) is 131 cm³/mol. The van der Waals surface area contributed by atoms with E-state index in [1.807, 2.05) is 6.92 Å². The minimum Gasteiger partial charge on any atom is -0.278 e. The van der Waals surface area contributed by atoms with E-state index in [1.54, 1.807) is 33.0 Å². The molecule has 0 amide bonds. The highest BCUT2D eigenvalue weighted by Crippen LogP contribution is 2.34. The fourth-order valence-electron chi connectivity index (χ4n) is 4.22. The van der Waals surface area contributed by atoms with E-state index in [2.05, 4.69) is 10.1 Å². The number of aryl methyl sites for hydroxylation is 4. The van der Waals surface area contributed by atoms with Gasteiger partial charge in [0.2, 0.25) is 0 Å². The Kier molecular flexibility index (Phi) is 6.53. The second kappa shape index (κ2) is 9.10. The molecule has 1 atom stereocenters. The lowest BCUT2D eigenvalue weighted by Gasteiger charge is -2.39. The van der Waals surface area contributed by atoms with Gasteiger partial charge in [0.15, 0.2) is 0 Å². The molecule has 0 saturated carbocycles. The van der Waals surface area contributed by atoms with Crippen LogP contribution in [-0.4, -0.2) is 34.8 Å². The van der Waals surface area contributed by atoms with Crippen LogP contribution in [0.4, 0.5) is 13.2 Å². The highest BCUT2D eigenvalue weighted by molar-refractivity contribution is 7.87. The Morgan fingerprint density at radius 2 is 1.62 bits per heavy atom. The molecule has 4 N–H and O–H groups in total. The van der Waals surface area contributed by atoms with E-state index in [1.165, 1.54) is 35.4 Å². The first kappa shape index (κ1) is 26.5. The molecule has 0 bridgehead atoms. The Morgan fingerprint density at radius 3 is 2.14 bits per heavy atom. The van der Waals surface area contributed by atoms with Crippen molar-refractivity contribution < 1.29 is 25.8 Å². The first-order valence-corrected chi connectivity index (χ1v) is 12.4. The molecule has 1 aliphatic heterocycles. The molecule has 2 heterocycles. The van der Waals surface area contributed by atoms with Crippen molar-refractivity contribution in [2.75, 3.05) is 0 Å². The minimum atomic E-state index is -4.51. The summed E-state index contributed by atoms with van der Waals surface area (Å²) in [5.41, 5.74) is 8.08. The number of hydrazine groups is 1. The van der Waals surface area contributed by atoms with Gasteiger partial charge in [0, 0.05) is 30.6 Å². The fraction of sp³-hybridized carbons (Fsp3) is 0.250. The zero-order valence-electron chi connectivity index (χ0n) is 20.4. The van der Waals surface area contributed by atoms with Crippen molar-refractivity contribution in [1.29, 1.82) is 0 Å². The number of nitrogens with zero attached hydrogens (tertiary/aromatic N) is 4. The summed E-state index contributed by atoms with van der Waals surface area (Å²) in [5.74, 6) is 3.91. The molecule has 0 radical (unpaired) electrons. The molecule has 2 aromatic carbocycles. The highest BCUT2D eigenvalue weighted by Gasteiger charge is 2.46. The molecule has 9 nitrogen and oxygen atoms in total. The van der Waals surface area contributed by atoms with Gasteiger partial charge in [-0.2, -0.15) is 26.7 Å². The van der Waals surface area contributed by atoms with Gasteiger partial charge >= 0.3 is 16.3 Å². The van der Waals surface area contributed by atoms with E-state index in [0.717, 1.165) is 22.7 Å². The summed E-state index contributed by atoms with van der Waals surface area (Å²) in [6.45, 7) is 5.11. The summed E-state index contributed by atoms with van der Waals surface area (Å²) >= 11 is 0. The molecule has 37 heavy (non-hydrogen) atoms. The normalized spacial score (nSPS) is 18.6. The first-order chi connectivity index (χ1) is 17.1. The van der Waals surface area contributed by atoms with E-state index >= 15 is 0 Å². The number of alkyl halides is 3. The Morgan fingerprint density at radius 1 is 1.03 bits per heavy atom. The third-order valence-electron chi connectivity index (χ3n) is 5.79. The minimum absolute atomic E-state index is 0.0561. The van der Waals surface area contributed by atoms with Crippen LogP contribution >= 0.6 is 0 Å². The van der Waals surface area contributed by atoms with Crippen LogP contribution in [0.3, 0.4) is 0 Å². The molecule has 13 heteroatoms. The van der Waals surface area contributed by atoms with Crippen LogP contribution in [0.25, 0.3) is 5.70 Å². The van der Waals surface area contributed by atoms with Crippen LogP contribution in [0.5, 0.6) is 0 Å². The van der Waals surface area contributed by atoms with Crippen LogP contribution in [0.2, 0.25) is 0 Å². The number of hydrogen-bond acceptors (Lipinski definition) is 8.